The molecule has 1 aromatic heterocycles. The van der Waals surface area contributed by atoms with Crippen molar-refractivity contribution in [2.24, 2.45) is 4.99 Å². The van der Waals surface area contributed by atoms with Crippen molar-refractivity contribution < 1.29 is 13.9 Å². The standard InChI is InChI=1S/C22H20Cl2N2O3/c1-13-9-16(5-6-19(13)24)26-22-18(21(27)25-12-17-3-2-8-28-17)11-14-10-15(23)4-7-20(14)29-22/h4-7,9-11,17H,2-3,8,12H2,1H3,(H,25,27). The van der Waals surface area contributed by atoms with Crippen LogP contribution in [0.25, 0.3) is 11.0 Å². The Morgan fingerprint density at radius 3 is 2.83 bits per heavy atom. The van der Waals surface area contributed by atoms with Gasteiger partial charge in [-0.05, 0) is 67.8 Å². The lowest BCUT2D eigenvalue weighted by molar-refractivity contribution is 0.0854. The number of aryl methyl sites for hydroxylation is 1. The van der Waals surface area contributed by atoms with Crippen LogP contribution in [0, 0.1) is 6.92 Å². The van der Waals surface area contributed by atoms with E-state index in [0.29, 0.717) is 33.4 Å². The van der Waals surface area contributed by atoms with Crippen LogP contribution in [-0.4, -0.2) is 25.2 Å². The normalized spacial score (nSPS) is 17.1. The highest BCUT2D eigenvalue weighted by Crippen LogP contribution is 2.22. The minimum absolute atomic E-state index is 0.0464. The lowest BCUT2D eigenvalue weighted by atomic mass is 10.1. The zero-order valence-electron chi connectivity index (χ0n) is 15.9. The number of carbonyl (C=O) groups is 1. The number of rotatable bonds is 4. The van der Waals surface area contributed by atoms with E-state index >= 15 is 0 Å². The Bertz CT molecular complexity index is 1130. The van der Waals surface area contributed by atoms with Gasteiger partial charge in [-0.15, -0.1) is 0 Å². The molecule has 1 unspecified atom stereocenters. The summed E-state index contributed by atoms with van der Waals surface area (Å²) in [6.07, 6.45) is 2.00. The first-order valence-electron chi connectivity index (χ1n) is 9.44. The van der Waals surface area contributed by atoms with Crippen LogP contribution in [0.1, 0.15) is 28.8 Å². The first kappa shape index (κ1) is 20.0. The molecular weight excluding hydrogens is 411 g/mol. The molecule has 3 aromatic rings. The third kappa shape index (κ3) is 4.64. The van der Waals surface area contributed by atoms with Crippen molar-refractivity contribution in [3.05, 3.63) is 69.2 Å². The first-order chi connectivity index (χ1) is 14.0. The van der Waals surface area contributed by atoms with Gasteiger partial charge in [0.05, 0.1) is 11.8 Å². The third-order valence-electron chi connectivity index (χ3n) is 4.84. The number of benzene rings is 2. The van der Waals surface area contributed by atoms with E-state index in [9.17, 15) is 4.79 Å². The van der Waals surface area contributed by atoms with Gasteiger partial charge in [-0.2, -0.15) is 0 Å². The highest BCUT2D eigenvalue weighted by molar-refractivity contribution is 6.31. The van der Waals surface area contributed by atoms with Gasteiger partial charge >= 0.3 is 0 Å². The van der Waals surface area contributed by atoms with Crippen molar-refractivity contribution in [2.45, 2.75) is 25.9 Å². The quantitative estimate of drug-likeness (QED) is 0.619. The van der Waals surface area contributed by atoms with E-state index in [2.05, 4.69) is 10.3 Å². The molecule has 0 radical (unpaired) electrons. The van der Waals surface area contributed by atoms with Crippen molar-refractivity contribution in [3.63, 3.8) is 0 Å². The number of ether oxygens (including phenoxy) is 1. The second kappa shape index (κ2) is 8.57. The number of fused-ring (bicyclic) bond motifs is 1. The molecular formula is C22H20Cl2N2O3. The number of nitrogens with zero attached hydrogens (tertiary/aromatic N) is 1. The molecule has 4 rings (SSSR count). The average Bonchev–Trinajstić information content (AvgIpc) is 3.22. The van der Waals surface area contributed by atoms with E-state index in [1.807, 2.05) is 13.0 Å². The Morgan fingerprint density at radius 2 is 2.07 bits per heavy atom. The van der Waals surface area contributed by atoms with Crippen molar-refractivity contribution in [2.75, 3.05) is 13.2 Å². The van der Waals surface area contributed by atoms with E-state index in [-0.39, 0.29) is 17.6 Å². The molecule has 7 heteroatoms. The summed E-state index contributed by atoms with van der Waals surface area (Å²) < 4.78 is 11.5. The van der Waals surface area contributed by atoms with E-state index in [4.69, 9.17) is 32.4 Å². The molecule has 0 aliphatic carbocycles. The van der Waals surface area contributed by atoms with Gasteiger partial charge in [-0.3, -0.25) is 4.79 Å². The van der Waals surface area contributed by atoms with Crippen molar-refractivity contribution >= 4 is 45.8 Å². The average molecular weight is 431 g/mol. The Balaban J connectivity index is 1.76. The van der Waals surface area contributed by atoms with Gasteiger partial charge in [0.2, 0.25) is 5.55 Å². The summed E-state index contributed by atoms with van der Waals surface area (Å²) in [5.41, 5.74) is 2.70. The Kier molecular flexibility index (Phi) is 5.90. The van der Waals surface area contributed by atoms with Gasteiger partial charge in [-0.25, -0.2) is 4.99 Å². The van der Waals surface area contributed by atoms with Gasteiger partial charge < -0.3 is 14.5 Å². The monoisotopic (exact) mass is 430 g/mol. The topological polar surface area (TPSA) is 63.8 Å². The number of hydrogen-bond donors (Lipinski definition) is 1. The lowest BCUT2D eigenvalue weighted by Gasteiger charge is -2.11. The molecule has 0 spiro atoms. The van der Waals surface area contributed by atoms with E-state index in [0.717, 1.165) is 30.4 Å². The molecule has 2 aromatic carbocycles. The fourth-order valence-corrected chi connectivity index (χ4v) is 3.57. The molecule has 1 amide bonds. The van der Waals surface area contributed by atoms with Crippen LogP contribution in [0.2, 0.25) is 10.0 Å². The summed E-state index contributed by atoms with van der Waals surface area (Å²) in [5.74, 6) is -0.268. The van der Waals surface area contributed by atoms with Crippen LogP contribution in [0.5, 0.6) is 0 Å². The molecule has 1 N–H and O–H groups in total. The predicted octanol–water partition coefficient (Wildman–Crippen LogP) is 5.19. The summed E-state index contributed by atoms with van der Waals surface area (Å²) >= 11 is 12.2. The fourth-order valence-electron chi connectivity index (χ4n) is 3.27. The highest BCUT2D eigenvalue weighted by Gasteiger charge is 2.18. The highest BCUT2D eigenvalue weighted by atomic mass is 35.5. The van der Waals surface area contributed by atoms with E-state index in [1.54, 1.807) is 36.4 Å². The van der Waals surface area contributed by atoms with Crippen LogP contribution < -0.4 is 10.9 Å². The van der Waals surface area contributed by atoms with Gasteiger partial charge in [0.15, 0.2) is 0 Å². The Labute approximate surface area is 178 Å². The molecule has 1 fully saturated rings. The number of amides is 1. The van der Waals surface area contributed by atoms with E-state index in [1.165, 1.54) is 0 Å². The van der Waals surface area contributed by atoms with Crippen LogP contribution in [0.15, 0.2) is 51.9 Å². The minimum Gasteiger partial charge on any atom is -0.438 e. The molecule has 5 nitrogen and oxygen atoms in total. The number of nitrogens with one attached hydrogen (secondary N) is 1. The zero-order valence-corrected chi connectivity index (χ0v) is 17.4. The van der Waals surface area contributed by atoms with Crippen molar-refractivity contribution in [1.29, 1.82) is 0 Å². The summed E-state index contributed by atoms with van der Waals surface area (Å²) in [4.78, 5) is 17.5. The maximum Gasteiger partial charge on any atom is 0.256 e. The molecule has 1 atom stereocenters. The largest absolute Gasteiger partial charge is 0.438 e. The molecule has 1 aliphatic heterocycles. The second-order valence-corrected chi connectivity index (χ2v) is 7.88. The summed E-state index contributed by atoms with van der Waals surface area (Å²) in [7, 11) is 0. The van der Waals surface area contributed by atoms with Gasteiger partial charge in [0, 0.05) is 28.6 Å². The number of halogens is 2. The number of carbonyl (C=O) groups excluding carboxylic acids is 1. The van der Waals surface area contributed by atoms with Gasteiger partial charge in [-0.1, -0.05) is 23.2 Å². The number of hydrogen-bond acceptors (Lipinski definition) is 4. The van der Waals surface area contributed by atoms with Gasteiger partial charge in [0.25, 0.3) is 5.91 Å². The minimum atomic E-state index is -0.268. The first-order valence-corrected chi connectivity index (χ1v) is 10.2. The molecule has 1 aliphatic rings. The van der Waals surface area contributed by atoms with E-state index < -0.39 is 0 Å². The molecule has 29 heavy (non-hydrogen) atoms. The summed E-state index contributed by atoms with van der Waals surface area (Å²) in [6.45, 7) is 3.09. The molecule has 150 valence electrons. The Hall–Kier alpha value is -2.34. The maximum atomic E-state index is 12.9. The SMILES string of the molecule is Cc1cc(N=c2oc3ccc(Cl)cc3cc2C(=O)NCC2CCCO2)ccc1Cl. The molecule has 2 heterocycles. The summed E-state index contributed by atoms with van der Waals surface area (Å²) in [5, 5.41) is 4.88. The maximum absolute atomic E-state index is 12.9. The fraction of sp³-hybridized carbons (Fsp3) is 0.273. The predicted molar refractivity (Wildman–Crippen MR) is 114 cm³/mol. The van der Waals surface area contributed by atoms with Crippen LogP contribution in [0.4, 0.5) is 5.69 Å². The van der Waals surface area contributed by atoms with Crippen molar-refractivity contribution in [3.8, 4) is 0 Å². The Morgan fingerprint density at radius 1 is 1.21 bits per heavy atom. The zero-order chi connectivity index (χ0) is 20.4. The van der Waals surface area contributed by atoms with Crippen molar-refractivity contribution in [1.82, 2.24) is 5.32 Å². The van der Waals surface area contributed by atoms with Crippen LogP contribution in [0.3, 0.4) is 0 Å². The molecule has 1 saturated heterocycles. The third-order valence-corrected chi connectivity index (χ3v) is 5.50. The van der Waals surface area contributed by atoms with Crippen LogP contribution in [-0.2, 0) is 4.74 Å². The lowest BCUT2D eigenvalue weighted by Crippen LogP contribution is -2.34. The van der Waals surface area contributed by atoms with Gasteiger partial charge in [0.1, 0.15) is 11.1 Å². The molecule has 0 saturated carbocycles. The summed E-state index contributed by atoms with van der Waals surface area (Å²) in [6, 6.07) is 12.4. The van der Waals surface area contributed by atoms with Crippen LogP contribution >= 0.6 is 23.2 Å². The smallest absolute Gasteiger partial charge is 0.256 e. The second-order valence-electron chi connectivity index (χ2n) is 7.04. The molecule has 0 bridgehead atoms.